The minimum atomic E-state index is 0.120. The van der Waals surface area contributed by atoms with Crippen LogP contribution in [0.2, 0.25) is 0 Å². The molecular formula is C19H20N2OS. The number of nitrogens with one attached hydrogen (secondary N) is 1. The van der Waals surface area contributed by atoms with Gasteiger partial charge in [-0.25, -0.2) is 0 Å². The first-order valence-electron chi connectivity index (χ1n) is 7.67. The molecule has 118 valence electrons. The monoisotopic (exact) mass is 324 g/mol. The average Bonchev–Trinajstić information content (AvgIpc) is 2.99. The van der Waals surface area contributed by atoms with Crippen LogP contribution in [0.15, 0.2) is 59.5 Å². The molecule has 4 heteroatoms. The summed E-state index contributed by atoms with van der Waals surface area (Å²) in [5, 5.41) is 16.9. The van der Waals surface area contributed by atoms with Crippen LogP contribution in [0.3, 0.4) is 0 Å². The third-order valence-electron chi connectivity index (χ3n) is 3.90. The Morgan fingerprint density at radius 1 is 1.04 bits per heavy atom. The number of benzene rings is 2. The van der Waals surface area contributed by atoms with E-state index in [1.807, 2.05) is 18.2 Å². The smallest absolute Gasteiger partial charge is 0.0958 e. The highest BCUT2D eigenvalue weighted by molar-refractivity contribution is 7.98. The van der Waals surface area contributed by atoms with Crippen molar-refractivity contribution in [3.8, 4) is 11.3 Å². The van der Waals surface area contributed by atoms with Gasteiger partial charge in [-0.15, -0.1) is 11.8 Å². The Morgan fingerprint density at radius 3 is 2.43 bits per heavy atom. The number of thioether (sulfide) groups is 1. The number of aliphatic hydroxyl groups is 1. The van der Waals surface area contributed by atoms with Crippen molar-refractivity contribution in [1.82, 2.24) is 10.2 Å². The first kappa shape index (κ1) is 15.8. The molecule has 0 aliphatic heterocycles. The highest BCUT2D eigenvalue weighted by Crippen LogP contribution is 2.28. The molecule has 0 amide bonds. The average molecular weight is 324 g/mol. The Kier molecular flexibility index (Phi) is 5.16. The number of aliphatic hydroxyl groups excluding tert-OH is 1. The van der Waals surface area contributed by atoms with E-state index in [2.05, 4.69) is 52.9 Å². The molecule has 3 nitrogen and oxygen atoms in total. The van der Waals surface area contributed by atoms with Crippen molar-refractivity contribution in [2.24, 2.45) is 0 Å². The molecule has 0 unspecified atom stereocenters. The van der Waals surface area contributed by atoms with E-state index in [0.717, 1.165) is 23.4 Å². The van der Waals surface area contributed by atoms with E-state index < -0.39 is 0 Å². The fraction of sp³-hybridized carbons (Fsp3) is 0.211. The van der Waals surface area contributed by atoms with E-state index in [-0.39, 0.29) is 6.61 Å². The van der Waals surface area contributed by atoms with E-state index in [4.69, 9.17) is 0 Å². The molecule has 0 aliphatic rings. The van der Waals surface area contributed by atoms with Crippen LogP contribution in [0.1, 0.15) is 16.8 Å². The Balaban J connectivity index is 1.98. The van der Waals surface area contributed by atoms with Crippen LogP contribution < -0.4 is 0 Å². The summed E-state index contributed by atoms with van der Waals surface area (Å²) in [6.07, 6.45) is 3.48. The maximum Gasteiger partial charge on any atom is 0.0958 e. The second-order valence-electron chi connectivity index (χ2n) is 5.39. The maximum absolute atomic E-state index is 9.31. The van der Waals surface area contributed by atoms with Crippen molar-refractivity contribution in [1.29, 1.82) is 0 Å². The van der Waals surface area contributed by atoms with E-state index >= 15 is 0 Å². The van der Waals surface area contributed by atoms with Gasteiger partial charge in [-0.3, -0.25) is 5.10 Å². The van der Waals surface area contributed by atoms with Gasteiger partial charge in [0.05, 0.1) is 5.69 Å². The fourth-order valence-electron chi connectivity index (χ4n) is 2.70. The van der Waals surface area contributed by atoms with Crippen LogP contribution in [0.25, 0.3) is 11.3 Å². The fourth-order valence-corrected chi connectivity index (χ4v) is 3.11. The van der Waals surface area contributed by atoms with Gasteiger partial charge in [-0.1, -0.05) is 42.5 Å². The zero-order valence-corrected chi connectivity index (χ0v) is 13.9. The first-order valence-corrected chi connectivity index (χ1v) is 8.89. The number of aromatic nitrogens is 2. The zero-order chi connectivity index (χ0) is 16.1. The van der Waals surface area contributed by atoms with Gasteiger partial charge in [-0.05, 0) is 24.0 Å². The second kappa shape index (κ2) is 7.49. The summed E-state index contributed by atoms with van der Waals surface area (Å²) in [6.45, 7) is 0.120. The molecule has 2 aromatic carbocycles. The lowest BCUT2D eigenvalue weighted by Crippen LogP contribution is -1.98. The molecule has 0 bridgehead atoms. The molecule has 0 aliphatic carbocycles. The van der Waals surface area contributed by atoms with Crippen molar-refractivity contribution < 1.29 is 5.11 Å². The van der Waals surface area contributed by atoms with E-state index in [1.165, 1.54) is 16.0 Å². The molecule has 0 atom stereocenters. The van der Waals surface area contributed by atoms with E-state index in [9.17, 15) is 5.11 Å². The lowest BCUT2D eigenvalue weighted by atomic mass is 9.98. The van der Waals surface area contributed by atoms with Gasteiger partial charge in [0.2, 0.25) is 0 Å². The number of nitrogens with zero attached hydrogens (tertiary/aromatic N) is 1. The second-order valence-corrected chi connectivity index (χ2v) is 6.27. The van der Waals surface area contributed by atoms with Gasteiger partial charge in [0.1, 0.15) is 0 Å². The summed E-state index contributed by atoms with van der Waals surface area (Å²) >= 11 is 1.73. The van der Waals surface area contributed by atoms with E-state index in [1.54, 1.807) is 11.8 Å². The summed E-state index contributed by atoms with van der Waals surface area (Å²) in [5.74, 6) is 0. The number of aromatic amines is 1. The summed E-state index contributed by atoms with van der Waals surface area (Å²) in [6, 6.07) is 18.8. The van der Waals surface area contributed by atoms with Gasteiger partial charge in [0.25, 0.3) is 0 Å². The topological polar surface area (TPSA) is 48.9 Å². The maximum atomic E-state index is 9.31. The molecular weight excluding hydrogens is 304 g/mol. The molecule has 2 N–H and O–H groups in total. The summed E-state index contributed by atoms with van der Waals surface area (Å²) in [7, 11) is 0. The van der Waals surface area contributed by atoms with Gasteiger partial charge < -0.3 is 5.11 Å². The minimum Gasteiger partial charge on any atom is -0.396 e. The number of rotatable bonds is 6. The first-order chi connectivity index (χ1) is 11.3. The third-order valence-corrected chi connectivity index (χ3v) is 4.65. The van der Waals surface area contributed by atoms with Crippen molar-refractivity contribution in [3.63, 3.8) is 0 Å². The van der Waals surface area contributed by atoms with Crippen LogP contribution in [-0.4, -0.2) is 28.2 Å². The Hall–Kier alpha value is -2.04. The zero-order valence-electron chi connectivity index (χ0n) is 13.1. The molecule has 0 spiro atoms. The van der Waals surface area contributed by atoms with Gasteiger partial charge >= 0.3 is 0 Å². The Labute approximate surface area is 140 Å². The largest absolute Gasteiger partial charge is 0.396 e. The lowest BCUT2D eigenvalue weighted by molar-refractivity contribution is 0.298. The van der Waals surface area contributed by atoms with E-state index in [0.29, 0.717) is 6.42 Å². The molecule has 0 saturated heterocycles. The molecule has 0 saturated carbocycles. The quantitative estimate of drug-likeness (QED) is 0.676. The molecule has 3 aromatic rings. The van der Waals surface area contributed by atoms with Crippen LogP contribution in [-0.2, 0) is 12.8 Å². The number of hydrogen-bond acceptors (Lipinski definition) is 3. The Bertz CT molecular complexity index is 751. The number of hydrogen-bond donors (Lipinski definition) is 2. The predicted octanol–water partition coefficient (Wildman–Crippen LogP) is 3.92. The van der Waals surface area contributed by atoms with Crippen LogP contribution in [0.4, 0.5) is 0 Å². The predicted molar refractivity (Wildman–Crippen MR) is 95.8 cm³/mol. The molecule has 0 fully saturated rings. The van der Waals surface area contributed by atoms with Crippen molar-refractivity contribution >= 4 is 11.8 Å². The van der Waals surface area contributed by atoms with Gasteiger partial charge in [0, 0.05) is 41.2 Å². The van der Waals surface area contributed by atoms with Crippen molar-refractivity contribution in [2.45, 2.75) is 17.7 Å². The van der Waals surface area contributed by atoms with Crippen molar-refractivity contribution in [2.75, 3.05) is 12.9 Å². The summed E-state index contributed by atoms with van der Waals surface area (Å²) in [4.78, 5) is 1.24. The van der Waals surface area contributed by atoms with Crippen molar-refractivity contribution in [3.05, 3.63) is 71.4 Å². The third kappa shape index (κ3) is 3.66. The summed E-state index contributed by atoms with van der Waals surface area (Å²) in [5.41, 5.74) is 5.51. The highest BCUT2D eigenvalue weighted by atomic mass is 32.2. The summed E-state index contributed by atoms with van der Waals surface area (Å²) < 4.78 is 0. The van der Waals surface area contributed by atoms with Gasteiger partial charge in [-0.2, -0.15) is 5.10 Å². The minimum absolute atomic E-state index is 0.120. The Morgan fingerprint density at radius 2 is 1.78 bits per heavy atom. The molecule has 0 radical (unpaired) electrons. The SMILES string of the molecule is CSc1ccc(-c2n[nH]c(CCO)c2Cc2ccccc2)cc1. The molecule has 1 aromatic heterocycles. The van der Waals surface area contributed by atoms with Crippen LogP contribution in [0.5, 0.6) is 0 Å². The van der Waals surface area contributed by atoms with Crippen LogP contribution >= 0.6 is 11.8 Å². The molecule has 23 heavy (non-hydrogen) atoms. The molecule has 3 rings (SSSR count). The van der Waals surface area contributed by atoms with Crippen LogP contribution in [0, 0.1) is 0 Å². The molecule has 1 heterocycles. The lowest BCUT2D eigenvalue weighted by Gasteiger charge is -2.07. The standard InChI is InChI=1S/C19H20N2OS/c1-23-16-9-7-15(8-10-16)19-17(18(11-12-22)20-21-19)13-14-5-3-2-4-6-14/h2-10,22H,11-13H2,1H3,(H,20,21). The number of H-pyrrole nitrogens is 1. The van der Waals surface area contributed by atoms with Gasteiger partial charge in [0.15, 0.2) is 0 Å². The normalized spacial score (nSPS) is 10.9. The highest BCUT2D eigenvalue weighted by Gasteiger charge is 2.15.